The lowest BCUT2D eigenvalue weighted by Gasteiger charge is -2.14. The van der Waals surface area contributed by atoms with Crippen molar-refractivity contribution in [2.45, 2.75) is 19.6 Å². The molecule has 4 nitrogen and oxygen atoms in total. The lowest BCUT2D eigenvalue weighted by molar-refractivity contribution is 0.322. The molecule has 0 atom stereocenters. The minimum Gasteiger partial charge on any atom is -0.315 e. The Bertz CT molecular complexity index is 489. The molecule has 18 heavy (non-hydrogen) atoms. The van der Waals surface area contributed by atoms with Gasteiger partial charge < -0.3 is 5.32 Å². The summed E-state index contributed by atoms with van der Waals surface area (Å²) in [6, 6.07) is 4.42. The predicted molar refractivity (Wildman–Crippen MR) is 75.5 cm³/mol. The third-order valence-corrected chi connectivity index (χ3v) is 3.77. The van der Waals surface area contributed by atoms with Gasteiger partial charge in [0.1, 0.15) is 0 Å². The van der Waals surface area contributed by atoms with Gasteiger partial charge in [0.05, 0.1) is 6.20 Å². The van der Waals surface area contributed by atoms with Crippen LogP contribution in [0.3, 0.4) is 0 Å². The van der Waals surface area contributed by atoms with Crippen LogP contribution in [-0.4, -0.2) is 28.8 Å². The molecule has 0 radical (unpaired) electrons. The standard InChI is InChI=1S/C13H20N4S/c1-14-7-12-4-5-13(18-12)10-16(2)8-11-6-15-17(3)9-11/h4-6,9,14H,7-8,10H2,1-3H3. The predicted octanol–water partition coefficient (Wildman–Crippen LogP) is 1.83. The molecule has 5 heteroatoms. The van der Waals surface area contributed by atoms with Crippen LogP contribution in [0.2, 0.25) is 0 Å². The first-order valence-corrected chi connectivity index (χ1v) is 6.87. The van der Waals surface area contributed by atoms with Gasteiger partial charge in [0.2, 0.25) is 0 Å². The average molecular weight is 264 g/mol. The van der Waals surface area contributed by atoms with Crippen LogP contribution >= 0.6 is 11.3 Å². The summed E-state index contributed by atoms with van der Waals surface area (Å²) in [5.74, 6) is 0. The van der Waals surface area contributed by atoms with Gasteiger partial charge in [0.25, 0.3) is 0 Å². The number of nitrogens with zero attached hydrogens (tertiary/aromatic N) is 3. The second-order valence-electron chi connectivity index (χ2n) is 4.59. The number of hydrogen-bond donors (Lipinski definition) is 1. The van der Waals surface area contributed by atoms with E-state index in [9.17, 15) is 0 Å². The van der Waals surface area contributed by atoms with E-state index in [0.29, 0.717) is 0 Å². The van der Waals surface area contributed by atoms with Gasteiger partial charge in [-0.1, -0.05) is 0 Å². The molecular formula is C13H20N4S. The smallest absolute Gasteiger partial charge is 0.0534 e. The molecule has 0 saturated carbocycles. The van der Waals surface area contributed by atoms with Gasteiger partial charge >= 0.3 is 0 Å². The van der Waals surface area contributed by atoms with Crippen molar-refractivity contribution in [1.82, 2.24) is 20.0 Å². The Labute approximate surface area is 112 Å². The van der Waals surface area contributed by atoms with E-state index >= 15 is 0 Å². The molecule has 0 aromatic carbocycles. The Morgan fingerprint density at radius 3 is 2.78 bits per heavy atom. The zero-order valence-corrected chi connectivity index (χ0v) is 12.0. The largest absolute Gasteiger partial charge is 0.315 e. The summed E-state index contributed by atoms with van der Waals surface area (Å²) >= 11 is 1.88. The van der Waals surface area contributed by atoms with Gasteiger partial charge in [0, 0.05) is 48.2 Å². The summed E-state index contributed by atoms with van der Waals surface area (Å²) in [4.78, 5) is 5.11. The molecule has 98 valence electrons. The lowest BCUT2D eigenvalue weighted by atomic mass is 10.3. The van der Waals surface area contributed by atoms with E-state index in [4.69, 9.17) is 0 Å². The Balaban J connectivity index is 1.88. The highest BCUT2D eigenvalue weighted by atomic mass is 32.1. The number of hydrogen-bond acceptors (Lipinski definition) is 4. The highest BCUT2D eigenvalue weighted by molar-refractivity contribution is 7.11. The SMILES string of the molecule is CNCc1ccc(CN(C)Cc2cnn(C)c2)s1. The second kappa shape index (κ2) is 6.13. The van der Waals surface area contributed by atoms with Crippen molar-refractivity contribution in [2.75, 3.05) is 14.1 Å². The topological polar surface area (TPSA) is 33.1 Å². The highest BCUT2D eigenvalue weighted by Gasteiger charge is 2.05. The minimum absolute atomic E-state index is 0.938. The van der Waals surface area contributed by atoms with Crippen molar-refractivity contribution in [2.24, 2.45) is 7.05 Å². The molecule has 0 aliphatic heterocycles. The van der Waals surface area contributed by atoms with E-state index in [-0.39, 0.29) is 0 Å². The summed E-state index contributed by atoms with van der Waals surface area (Å²) in [6.45, 7) is 2.88. The van der Waals surface area contributed by atoms with Crippen LogP contribution in [0, 0.1) is 0 Å². The van der Waals surface area contributed by atoms with Crippen molar-refractivity contribution in [1.29, 1.82) is 0 Å². The monoisotopic (exact) mass is 264 g/mol. The lowest BCUT2D eigenvalue weighted by Crippen LogP contribution is -2.16. The zero-order chi connectivity index (χ0) is 13.0. The quantitative estimate of drug-likeness (QED) is 0.864. The molecule has 2 rings (SSSR count). The first kappa shape index (κ1) is 13.3. The molecule has 0 spiro atoms. The molecular weight excluding hydrogens is 244 g/mol. The normalized spacial score (nSPS) is 11.3. The highest BCUT2D eigenvalue weighted by Crippen LogP contribution is 2.18. The molecule has 0 amide bonds. The maximum Gasteiger partial charge on any atom is 0.0534 e. The third-order valence-electron chi connectivity index (χ3n) is 2.70. The fourth-order valence-electron chi connectivity index (χ4n) is 1.96. The number of nitrogens with one attached hydrogen (secondary N) is 1. The van der Waals surface area contributed by atoms with Crippen LogP contribution in [0.15, 0.2) is 24.5 Å². The van der Waals surface area contributed by atoms with Crippen molar-refractivity contribution in [3.8, 4) is 0 Å². The van der Waals surface area contributed by atoms with E-state index in [2.05, 4.69) is 40.7 Å². The number of aromatic nitrogens is 2. The molecule has 1 N–H and O–H groups in total. The van der Waals surface area contributed by atoms with Gasteiger partial charge in [-0.3, -0.25) is 9.58 Å². The summed E-state index contributed by atoms with van der Waals surface area (Å²) in [7, 11) is 6.07. The van der Waals surface area contributed by atoms with Gasteiger partial charge in [-0.15, -0.1) is 11.3 Å². The average Bonchev–Trinajstić information content (AvgIpc) is 2.89. The fraction of sp³-hybridized carbons (Fsp3) is 0.462. The maximum absolute atomic E-state index is 4.19. The number of rotatable bonds is 6. The van der Waals surface area contributed by atoms with Crippen LogP contribution in [0.25, 0.3) is 0 Å². The van der Waals surface area contributed by atoms with Crippen LogP contribution in [0.5, 0.6) is 0 Å². The van der Waals surface area contributed by atoms with E-state index in [1.807, 2.05) is 36.3 Å². The molecule has 0 aliphatic rings. The number of thiophene rings is 1. The van der Waals surface area contributed by atoms with Crippen molar-refractivity contribution < 1.29 is 0 Å². The molecule has 2 heterocycles. The Kier molecular flexibility index (Phi) is 4.52. The summed E-state index contributed by atoms with van der Waals surface area (Å²) in [5, 5.41) is 7.37. The van der Waals surface area contributed by atoms with Crippen LogP contribution in [0.4, 0.5) is 0 Å². The van der Waals surface area contributed by atoms with E-state index in [1.54, 1.807) is 0 Å². The van der Waals surface area contributed by atoms with Gasteiger partial charge in [-0.05, 0) is 26.2 Å². The molecule has 0 saturated heterocycles. The van der Waals surface area contributed by atoms with E-state index < -0.39 is 0 Å². The van der Waals surface area contributed by atoms with Crippen molar-refractivity contribution >= 4 is 11.3 Å². The van der Waals surface area contributed by atoms with E-state index in [1.165, 1.54) is 15.3 Å². The molecule has 0 fully saturated rings. The van der Waals surface area contributed by atoms with Crippen molar-refractivity contribution in [3.05, 3.63) is 39.8 Å². The van der Waals surface area contributed by atoms with Crippen LogP contribution in [0.1, 0.15) is 15.3 Å². The Hall–Kier alpha value is -1.17. The molecule has 0 aliphatic carbocycles. The number of aryl methyl sites for hydroxylation is 1. The maximum atomic E-state index is 4.19. The van der Waals surface area contributed by atoms with Gasteiger partial charge in [-0.2, -0.15) is 5.10 Å². The first-order chi connectivity index (χ1) is 8.67. The van der Waals surface area contributed by atoms with Crippen molar-refractivity contribution in [3.63, 3.8) is 0 Å². The zero-order valence-electron chi connectivity index (χ0n) is 11.2. The molecule has 0 bridgehead atoms. The first-order valence-electron chi connectivity index (χ1n) is 6.05. The minimum atomic E-state index is 0.938. The fourth-order valence-corrected chi connectivity index (χ4v) is 3.07. The third kappa shape index (κ3) is 3.66. The van der Waals surface area contributed by atoms with E-state index in [0.717, 1.165) is 19.6 Å². The van der Waals surface area contributed by atoms with Gasteiger partial charge in [0.15, 0.2) is 0 Å². The molecule has 2 aromatic heterocycles. The second-order valence-corrected chi connectivity index (χ2v) is 5.85. The summed E-state index contributed by atoms with van der Waals surface area (Å²) in [6.07, 6.45) is 3.99. The summed E-state index contributed by atoms with van der Waals surface area (Å²) in [5.41, 5.74) is 1.26. The molecule has 2 aromatic rings. The Morgan fingerprint density at radius 1 is 1.33 bits per heavy atom. The van der Waals surface area contributed by atoms with Crippen LogP contribution < -0.4 is 5.32 Å². The Morgan fingerprint density at radius 2 is 2.11 bits per heavy atom. The van der Waals surface area contributed by atoms with Gasteiger partial charge in [-0.25, -0.2) is 0 Å². The molecule has 0 unspecified atom stereocenters. The van der Waals surface area contributed by atoms with Crippen LogP contribution in [-0.2, 0) is 26.7 Å². The summed E-state index contributed by atoms with van der Waals surface area (Å²) < 4.78 is 1.85.